The van der Waals surface area contributed by atoms with E-state index >= 15 is 0 Å². The number of furan rings is 1. The Morgan fingerprint density at radius 2 is 2.00 bits per heavy atom. The van der Waals surface area contributed by atoms with E-state index in [4.69, 9.17) is 32.4 Å². The zero-order valence-corrected chi connectivity index (χ0v) is 12.7. The minimum absolute atomic E-state index is 0.0231. The number of hydrogen-bond acceptors (Lipinski definition) is 4. The van der Waals surface area contributed by atoms with Crippen LogP contribution in [-0.4, -0.2) is 15.5 Å². The highest BCUT2D eigenvalue weighted by Gasteiger charge is 2.20. The van der Waals surface area contributed by atoms with Gasteiger partial charge in [0.1, 0.15) is 16.4 Å². The second-order valence-electron chi connectivity index (χ2n) is 3.83. The van der Waals surface area contributed by atoms with Crippen molar-refractivity contribution in [3.63, 3.8) is 0 Å². The summed E-state index contributed by atoms with van der Waals surface area (Å²) < 4.78 is 36.9. The lowest BCUT2D eigenvalue weighted by Gasteiger charge is -2.10. The number of ether oxygens (including phenoxy) is 1. The highest BCUT2D eigenvalue weighted by Crippen LogP contribution is 2.27. The first kappa shape index (κ1) is 15.2. The molecule has 1 aromatic carbocycles. The standard InChI is InChI=1S/C12H11Cl2NO4S/c1-18-10-4-2-8(13)6-11(10)20(16,17)15-7-9-3-5-12(14)19-9/h2-6,15H,7H2,1H3. The molecule has 0 radical (unpaired) electrons. The molecule has 0 amide bonds. The molecule has 0 saturated heterocycles. The van der Waals surface area contributed by atoms with Gasteiger partial charge >= 0.3 is 0 Å². The molecular formula is C12H11Cl2NO4S. The maximum absolute atomic E-state index is 12.2. The van der Waals surface area contributed by atoms with Crippen LogP contribution in [0.4, 0.5) is 0 Å². The van der Waals surface area contributed by atoms with E-state index in [2.05, 4.69) is 4.72 Å². The summed E-state index contributed by atoms with van der Waals surface area (Å²) in [5.74, 6) is 0.610. The van der Waals surface area contributed by atoms with Gasteiger partial charge in [-0.05, 0) is 41.9 Å². The summed E-state index contributed by atoms with van der Waals surface area (Å²) in [5.41, 5.74) is 0. The van der Waals surface area contributed by atoms with E-state index in [1.807, 2.05) is 0 Å². The molecule has 8 heteroatoms. The fourth-order valence-electron chi connectivity index (χ4n) is 1.55. The molecule has 2 rings (SSSR count). The van der Waals surface area contributed by atoms with E-state index in [0.717, 1.165) is 0 Å². The first-order valence-corrected chi connectivity index (χ1v) is 7.74. The molecule has 0 bridgehead atoms. The second kappa shape index (κ2) is 6.05. The van der Waals surface area contributed by atoms with Crippen LogP contribution in [-0.2, 0) is 16.6 Å². The Hall–Kier alpha value is -1.21. The predicted molar refractivity (Wildman–Crippen MR) is 75.7 cm³/mol. The molecule has 0 fully saturated rings. The van der Waals surface area contributed by atoms with Crippen LogP contribution < -0.4 is 9.46 Å². The van der Waals surface area contributed by atoms with Crippen molar-refractivity contribution in [3.8, 4) is 5.75 Å². The van der Waals surface area contributed by atoms with Crippen molar-refractivity contribution in [2.24, 2.45) is 0 Å². The molecule has 5 nitrogen and oxygen atoms in total. The fourth-order valence-corrected chi connectivity index (χ4v) is 3.14. The number of hydrogen-bond donors (Lipinski definition) is 1. The summed E-state index contributed by atoms with van der Waals surface area (Å²) in [6.45, 7) is -0.0231. The topological polar surface area (TPSA) is 68.5 Å². The van der Waals surface area contributed by atoms with Gasteiger partial charge in [-0.25, -0.2) is 13.1 Å². The van der Waals surface area contributed by atoms with Gasteiger partial charge in [0.05, 0.1) is 13.7 Å². The molecule has 0 atom stereocenters. The Balaban J connectivity index is 2.24. The molecule has 0 aliphatic rings. The number of benzene rings is 1. The zero-order chi connectivity index (χ0) is 14.8. The first-order valence-electron chi connectivity index (χ1n) is 5.50. The van der Waals surface area contributed by atoms with Crippen molar-refractivity contribution in [2.45, 2.75) is 11.4 Å². The van der Waals surface area contributed by atoms with Crippen LogP contribution in [0.3, 0.4) is 0 Å². The fraction of sp³-hybridized carbons (Fsp3) is 0.167. The van der Waals surface area contributed by atoms with E-state index in [-0.39, 0.29) is 22.4 Å². The SMILES string of the molecule is COc1ccc(Cl)cc1S(=O)(=O)NCc1ccc(Cl)o1. The maximum atomic E-state index is 12.2. The van der Waals surface area contributed by atoms with Gasteiger partial charge in [0.2, 0.25) is 10.0 Å². The molecule has 1 N–H and O–H groups in total. The Morgan fingerprint density at radius 1 is 1.25 bits per heavy atom. The van der Waals surface area contributed by atoms with Crippen LogP contribution in [0.25, 0.3) is 0 Å². The van der Waals surface area contributed by atoms with Crippen LogP contribution in [0.15, 0.2) is 39.6 Å². The number of methoxy groups -OCH3 is 1. The summed E-state index contributed by atoms with van der Waals surface area (Å²) in [5, 5.41) is 0.492. The van der Waals surface area contributed by atoms with Gasteiger partial charge in [0.15, 0.2) is 5.22 Å². The van der Waals surface area contributed by atoms with E-state index in [1.165, 1.54) is 25.3 Å². The maximum Gasteiger partial charge on any atom is 0.244 e. The molecule has 20 heavy (non-hydrogen) atoms. The number of nitrogens with one attached hydrogen (secondary N) is 1. The highest BCUT2D eigenvalue weighted by atomic mass is 35.5. The van der Waals surface area contributed by atoms with E-state index in [1.54, 1.807) is 12.1 Å². The van der Waals surface area contributed by atoms with Crippen LogP contribution in [0, 0.1) is 0 Å². The molecule has 0 spiro atoms. The van der Waals surface area contributed by atoms with Gasteiger partial charge in [-0.2, -0.15) is 0 Å². The summed E-state index contributed by atoms with van der Waals surface area (Å²) in [7, 11) is -2.39. The van der Waals surface area contributed by atoms with Crippen molar-refractivity contribution in [1.29, 1.82) is 0 Å². The molecular weight excluding hydrogens is 325 g/mol. The minimum Gasteiger partial charge on any atom is -0.495 e. The molecule has 108 valence electrons. The lowest BCUT2D eigenvalue weighted by atomic mass is 10.3. The predicted octanol–water partition coefficient (Wildman–Crippen LogP) is 3.07. The van der Waals surface area contributed by atoms with E-state index in [9.17, 15) is 8.42 Å². The molecule has 0 aliphatic carbocycles. The molecule has 0 unspecified atom stereocenters. The van der Waals surface area contributed by atoms with Crippen LogP contribution in [0.5, 0.6) is 5.75 Å². The van der Waals surface area contributed by atoms with Crippen LogP contribution >= 0.6 is 23.2 Å². The van der Waals surface area contributed by atoms with Crippen molar-refractivity contribution in [2.75, 3.05) is 7.11 Å². The zero-order valence-electron chi connectivity index (χ0n) is 10.4. The average Bonchev–Trinajstić information content (AvgIpc) is 2.82. The summed E-state index contributed by atoms with van der Waals surface area (Å²) in [6.07, 6.45) is 0. The van der Waals surface area contributed by atoms with Gasteiger partial charge in [0, 0.05) is 5.02 Å². The van der Waals surface area contributed by atoms with Crippen molar-refractivity contribution in [3.05, 3.63) is 46.3 Å². The average molecular weight is 336 g/mol. The van der Waals surface area contributed by atoms with E-state index in [0.29, 0.717) is 10.8 Å². The van der Waals surface area contributed by atoms with Crippen molar-refractivity contribution >= 4 is 33.2 Å². The lowest BCUT2D eigenvalue weighted by molar-refractivity contribution is 0.402. The lowest BCUT2D eigenvalue weighted by Crippen LogP contribution is -2.23. The van der Waals surface area contributed by atoms with Gasteiger partial charge in [-0.1, -0.05) is 11.6 Å². The van der Waals surface area contributed by atoms with Gasteiger partial charge in [0.25, 0.3) is 0 Å². The number of halogens is 2. The largest absolute Gasteiger partial charge is 0.495 e. The summed E-state index contributed by atoms with van der Waals surface area (Å²) in [4.78, 5) is -0.0369. The summed E-state index contributed by atoms with van der Waals surface area (Å²) in [6, 6.07) is 7.47. The minimum atomic E-state index is -3.78. The van der Waals surface area contributed by atoms with Crippen LogP contribution in [0.1, 0.15) is 5.76 Å². The normalized spacial score (nSPS) is 11.6. The third-order valence-electron chi connectivity index (χ3n) is 2.48. The molecule has 0 aliphatic heterocycles. The Morgan fingerprint density at radius 3 is 2.60 bits per heavy atom. The molecule has 2 aromatic rings. The second-order valence-corrected chi connectivity index (χ2v) is 6.37. The Labute approximate surface area is 126 Å². The number of sulfonamides is 1. The third kappa shape index (κ3) is 3.46. The van der Waals surface area contributed by atoms with Crippen molar-refractivity contribution < 1.29 is 17.6 Å². The third-order valence-corrected chi connectivity index (χ3v) is 4.34. The molecule has 1 aromatic heterocycles. The first-order chi connectivity index (χ1) is 9.42. The number of rotatable bonds is 5. The summed E-state index contributed by atoms with van der Waals surface area (Å²) >= 11 is 11.4. The van der Waals surface area contributed by atoms with Crippen molar-refractivity contribution in [1.82, 2.24) is 4.72 Å². The Kier molecular flexibility index (Phi) is 4.59. The monoisotopic (exact) mass is 335 g/mol. The Bertz CT molecular complexity index is 712. The smallest absolute Gasteiger partial charge is 0.244 e. The molecule has 0 saturated carbocycles. The van der Waals surface area contributed by atoms with Gasteiger partial charge < -0.3 is 9.15 Å². The highest BCUT2D eigenvalue weighted by molar-refractivity contribution is 7.89. The van der Waals surface area contributed by atoms with Crippen LogP contribution in [0.2, 0.25) is 10.2 Å². The quantitative estimate of drug-likeness (QED) is 0.911. The van der Waals surface area contributed by atoms with E-state index < -0.39 is 10.0 Å². The van der Waals surface area contributed by atoms with Gasteiger partial charge in [-0.15, -0.1) is 0 Å². The van der Waals surface area contributed by atoms with Gasteiger partial charge in [-0.3, -0.25) is 0 Å². The molecule has 1 heterocycles.